The van der Waals surface area contributed by atoms with E-state index in [-0.39, 0.29) is 18.6 Å². The number of rotatable bonds is 7. The van der Waals surface area contributed by atoms with Crippen molar-refractivity contribution in [2.24, 2.45) is 4.99 Å². The highest BCUT2D eigenvalue weighted by Gasteiger charge is 2.09. The quantitative estimate of drug-likeness (QED) is 0.551. The summed E-state index contributed by atoms with van der Waals surface area (Å²) in [7, 11) is 0. The van der Waals surface area contributed by atoms with Crippen LogP contribution in [0.4, 0.5) is 5.69 Å². The zero-order valence-electron chi connectivity index (χ0n) is 15.5. The molecule has 28 heavy (non-hydrogen) atoms. The summed E-state index contributed by atoms with van der Waals surface area (Å²) >= 11 is 6.09. The average Bonchev–Trinajstić information content (AvgIpc) is 2.73. The number of aliphatic imine (C=N–C) groups is 1. The summed E-state index contributed by atoms with van der Waals surface area (Å²) in [5.74, 6) is 0.457. The first kappa shape index (κ1) is 19.6. The van der Waals surface area contributed by atoms with Crippen molar-refractivity contribution >= 4 is 29.4 Å². The summed E-state index contributed by atoms with van der Waals surface area (Å²) in [5, 5.41) is 3.53. The van der Waals surface area contributed by atoms with Crippen LogP contribution in [0, 0.1) is 0 Å². The van der Waals surface area contributed by atoms with Crippen LogP contribution in [0.2, 0.25) is 5.02 Å². The maximum absolute atomic E-state index is 12.1. The molecule has 0 aliphatic rings. The van der Waals surface area contributed by atoms with Gasteiger partial charge >= 0.3 is 0 Å². The second-order valence-corrected chi connectivity index (χ2v) is 6.67. The lowest BCUT2D eigenvalue weighted by Gasteiger charge is -2.14. The second kappa shape index (κ2) is 9.72. The molecule has 0 unspecified atom stereocenters. The Labute approximate surface area is 169 Å². The summed E-state index contributed by atoms with van der Waals surface area (Å²) in [6.07, 6.45) is 1.74. The molecule has 0 heterocycles. The zero-order chi connectivity index (χ0) is 19.8. The third-order valence-electron chi connectivity index (χ3n) is 4.13. The van der Waals surface area contributed by atoms with Crippen molar-refractivity contribution in [3.05, 3.63) is 95.0 Å². The van der Waals surface area contributed by atoms with Gasteiger partial charge in [-0.25, -0.2) is 0 Å². The first-order chi connectivity index (χ1) is 13.6. The predicted octanol–water partition coefficient (Wildman–Crippen LogP) is 5.35. The van der Waals surface area contributed by atoms with Crippen molar-refractivity contribution in [1.29, 1.82) is 0 Å². The van der Waals surface area contributed by atoms with Gasteiger partial charge in [-0.1, -0.05) is 54.1 Å². The van der Waals surface area contributed by atoms with Gasteiger partial charge in [0.2, 0.25) is 0 Å². The maximum atomic E-state index is 12.1. The van der Waals surface area contributed by atoms with Crippen molar-refractivity contribution in [1.82, 2.24) is 5.32 Å². The number of ether oxygens (including phenoxy) is 1. The SMILES string of the molecule is C[C@H](NC(=O)COc1ccc(C=Nc2ccccc2Cl)cc1)c1ccccc1. The summed E-state index contributed by atoms with van der Waals surface area (Å²) < 4.78 is 5.56. The fourth-order valence-electron chi connectivity index (χ4n) is 2.61. The van der Waals surface area contributed by atoms with Gasteiger partial charge in [0.1, 0.15) is 5.75 Å². The van der Waals surface area contributed by atoms with Gasteiger partial charge in [-0.3, -0.25) is 9.79 Å². The molecule has 3 aromatic rings. The first-order valence-corrected chi connectivity index (χ1v) is 9.35. The van der Waals surface area contributed by atoms with Gasteiger partial charge in [0.15, 0.2) is 6.61 Å². The summed E-state index contributed by atoms with van der Waals surface area (Å²) in [6, 6.07) is 24.5. The average molecular weight is 393 g/mol. The Morgan fingerprint density at radius 2 is 1.71 bits per heavy atom. The molecule has 142 valence electrons. The minimum Gasteiger partial charge on any atom is -0.484 e. The minimum atomic E-state index is -0.166. The smallest absolute Gasteiger partial charge is 0.258 e. The highest BCUT2D eigenvalue weighted by molar-refractivity contribution is 6.33. The second-order valence-electron chi connectivity index (χ2n) is 6.27. The van der Waals surface area contributed by atoms with Crippen molar-refractivity contribution in [3.8, 4) is 5.75 Å². The van der Waals surface area contributed by atoms with Crippen LogP contribution < -0.4 is 10.1 Å². The molecule has 0 radical (unpaired) electrons. The fourth-order valence-corrected chi connectivity index (χ4v) is 2.79. The number of carbonyl (C=O) groups is 1. The Morgan fingerprint density at radius 1 is 1.04 bits per heavy atom. The van der Waals surface area contributed by atoms with Crippen LogP contribution in [-0.2, 0) is 4.79 Å². The Morgan fingerprint density at radius 3 is 2.43 bits per heavy atom. The number of hydrogen-bond acceptors (Lipinski definition) is 3. The lowest BCUT2D eigenvalue weighted by molar-refractivity contribution is -0.123. The third-order valence-corrected chi connectivity index (χ3v) is 4.45. The standard InChI is InChI=1S/C23H21ClN2O2/c1-17(19-7-3-2-4-8-19)26-23(27)16-28-20-13-11-18(12-14-20)15-25-22-10-6-5-9-21(22)24/h2-15,17H,16H2,1H3,(H,26,27)/t17-/m0/s1. The van der Waals surface area contributed by atoms with Crippen LogP contribution in [0.1, 0.15) is 24.1 Å². The van der Waals surface area contributed by atoms with E-state index in [2.05, 4.69) is 10.3 Å². The number of amides is 1. The van der Waals surface area contributed by atoms with E-state index >= 15 is 0 Å². The number of nitrogens with one attached hydrogen (secondary N) is 1. The Hall–Kier alpha value is -3.11. The molecule has 0 saturated heterocycles. The number of para-hydroxylation sites is 1. The van der Waals surface area contributed by atoms with Crippen LogP contribution in [-0.4, -0.2) is 18.7 Å². The summed E-state index contributed by atoms with van der Waals surface area (Å²) in [6.45, 7) is 1.91. The molecule has 0 aromatic heterocycles. The van der Waals surface area contributed by atoms with E-state index in [4.69, 9.17) is 16.3 Å². The highest BCUT2D eigenvalue weighted by atomic mass is 35.5. The Balaban J connectivity index is 1.50. The molecule has 1 atom stereocenters. The Bertz CT molecular complexity index is 940. The molecule has 0 bridgehead atoms. The van der Waals surface area contributed by atoms with Gasteiger partial charge in [-0.05, 0) is 54.4 Å². The lowest BCUT2D eigenvalue weighted by Crippen LogP contribution is -2.31. The molecule has 0 fully saturated rings. The van der Waals surface area contributed by atoms with Crippen LogP contribution in [0.3, 0.4) is 0 Å². The van der Waals surface area contributed by atoms with E-state index in [1.807, 2.05) is 79.7 Å². The molecule has 0 spiro atoms. The van der Waals surface area contributed by atoms with E-state index in [1.165, 1.54) is 0 Å². The van der Waals surface area contributed by atoms with Gasteiger partial charge in [0, 0.05) is 6.21 Å². The number of benzene rings is 3. The number of carbonyl (C=O) groups excluding carboxylic acids is 1. The van der Waals surface area contributed by atoms with E-state index in [0.29, 0.717) is 16.5 Å². The topological polar surface area (TPSA) is 50.7 Å². The third kappa shape index (κ3) is 5.69. The number of halogens is 1. The highest BCUT2D eigenvalue weighted by Crippen LogP contribution is 2.23. The van der Waals surface area contributed by atoms with Crippen molar-refractivity contribution < 1.29 is 9.53 Å². The molecule has 0 aliphatic heterocycles. The van der Waals surface area contributed by atoms with Crippen LogP contribution >= 0.6 is 11.6 Å². The molecule has 1 N–H and O–H groups in total. The van der Waals surface area contributed by atoms with Gasteiger partial charge in [-0.15, -0.1) is 0 Å². The molecule has 5 heteroatoms. The van der Waals surface area contributed by atoms with Crippen LogP contribution in [0.25, 0.3) is 0 Å². The van der Waals surface area contributed by atoms with E-state index in [9.17, 15) is 4.79 Å². The normalized spacial score (nSPS) is 11.9. The van der Waals surface area contributed by atoms with Gasteiger partial charge in [0.25, 0.3) is 5.91 Å². The molecule has 4 nitrogen and oxygen atoms in total. The van der Waals surface area contributed by atoms with Gasteiger partial charge in [0.05, 0.1) is 16.8 Å². The first-order valence-electron chi connectivity index (χ1n) is 8.97. The maximum Gasteiger partial charge on any atom is 0.258 e. The van der Waals surface area contributed by atoms with Gasteiger partial charge in [-0.2, -0.15) is 0 Å². The molecular formula is C23H21ClN2O2. The zero-order valence-corrected chi connectivity index (χ0v) is 16.3. The largest absolute Gasteiger partial charge is 0.484 e. The predicted molar refractivity (Wildman–Crippen MR) is 114 cm³/mol. The van der Waals surface area contributed by atoms with Crippen LogP contribution in [0.5, 0.6) is 5.75 Å². The molecular weight excluding hydrogens is 372 g/mol. The monoisotopic (exact) mass is 392 g/mol. The van der Waals surface area contributed by atoms with Gasteiger partial charge < -0.3 is 10.1 Å². The molecule has 3 rings (SSSR count). The summed E-state index contributed by atoms with van der Waals surface area (Å²) in [4.78, 5) is 16.5. The summed E-state index contributed by atoms with van der Waals surface area (Å²) in [5.41, 5.74) is 2.68. The van der Waals surface area contributed by atoms with Crippen molar-refractivity contribution in [2.75, 3.05) is 6.61 Å². The van der Waals surface area contributed by atoms with E-state index in [1.54, 1.807) is 12.3 Å². The number of hydrogen-bond donors (Lipinski definition) is 1. The molecule has 0 aliphatic carbocycles. The Kier molecular flexibility index (Phi) is 6.82. The number of nitrogens with zero attached hydrogens (tertiary/aromatic N) is 1. The van der Waals surface area contributed by atoms with Crippen molar-refractivity contribution in [3.63, 3.8) is 0 Å². The molecule has 3 aromatic carbocycles. The minimum absolute atomic E-state index is 0.0375. The fraction of sp³-hybridized carbons (Fsp3) is 0.130. The molecule has 0 saturated carbocycles. The molecule has 1 amide bonds. The van der Waals surface area contributed by atoms with E-state index in [0.717, 1.165) is 11.1 Å². The van der Waals surface area contributed by atoms with E-state index < -0.39 is 0 Å². The van der Waals surface area contributed by atoms with Crippen molar-refractivity contribution in [2.45, 2.75) is 13.0 Å². The lowest BCUT2D eigenvalue weighted by atomic mass is 10.1. The van der Waals surface area contributed by atoms with Crippen LogP contribution in [0.15, 0.2) is 83.9 Å².